The fraction of sp³-hybridized carbons (Fsp3) is 0.524. The van der Waals surface area contributed by atoms with Gasteiger partial charge in [-0.1, -0.05) is 18.2 Å². The molecule has 2 aromatic rings. The molecule has 1 aromatic carbocycles. The summed E-state index contributed by atoms with van der Waals surface area (Å²) in [5, 5.41) is 7.75. The average Bonchev–Trinajstić information content (AvgIpc) is 3.14. The zero-order valence-electron chi connectivity index (χ0n) is 17.5. The van der Waals surface area contributed by atoms with Gasteiger partial charge in [-0.3, -0.25) is 14.6 Å². The van der Waals surface area contributed by atoms with E-state index in [1.165, 1.54) is 5.56 Å². The molecule has 1 aliphatic rings. The molecule has 1 aromatic heterocycles. The number of nitrogens with one attached hydrogen (secondary N) is 1. The topological polar surface area (TPSA) is 57.9 Å². The number of guanidine groups is 1. The van der Waals surface area contributed by atoms with Gasteiger partial charge < -0.3 is 15.0 Å². The molecule has 1 saturated heterocycles. The number of piperazine rings is 1. The van der Waals surface area contributed by atoms with Crippen LogP contribution in [0.1, 0.15) is 12.5 Å². The van der Waals surface area contributed by atoms with E-state index in [9.17, 15) is 0 Å². The van der Waals surface area contributed by atoms with E-state index in [2.05, 4.69) is 40.3 Å². The van der Waals surface area contributed by atoms with Gasteiger partial charge in [-0.15, -0.1) is 24.0 Å². The highest BCUT2D eigenvalue weighted by Gasteiger charge is 2.19. The summed E-state index contributed by atoms with van der Waals surface area (Å²) in [5.74, 6) is 1.95. The third kappa shape index (κ3) is 7.85. The highest BCUT2D eigenvalue weighted by atomic mass is 127. The van der Waals surface area contributed by atoms with Crippen LogP contribution in [0.4, 0.5) is 0 Å². The fourth-order valence-electron chi connectivity index (χ4n) is 3.27. The van der Waals surface area contributed by atoms with Crippen molar-refractivity contribution in [3.8, 4) is 5.75 Å². The molecular weight excluding hydrogens is 479 g/mol. The number of nitrogens with zero attached hydrogens (tertiary/aromatic N) is 5. The van der Waals surface area contributed by atoms with E-state index in [0.29, 0.717) is 0 Å². The summed E-state index contributed by atoms with van der Waals surface area (Å²) >= 11 is 0. The SMILES string of the molecule is CCNC(=NCCn1cc(C)cn1)N1CCN(CCOc2ccccc2)CC1.I. The second kappa shape index (κ2) is 12.7. The smallest absolute Gasteiger partial charge is 0.194 e. The predicted molar refractivity (Wildman–Crippen MR) is 128 cm³/mol. The molecule has 29 heavy (non-hydrogen) atoms. The van der Waals surface area contributed by atoms with Gasteiger partial charge in [-0.2, -0.15) is 5.10 Å². The highest BCUT2D eigenvalue weighted by Crippen LogP contribution is 2.09. The Morgan fingerprint density at radius 3 is 2.55 bits per heavy atom. The van der Waals surface area contributed by atoms with Crippen molar-refractivity contribution in [3.63, 3.8) is 0 Å². The largest absolute Gasteiger partial charge is 0.492 e. The number of aryl methyl sites for hydroxylation is 1. The van der Waals surface area contributed by atoms with E-state index in [4.69, 9.17) is 9.73 Å². The monoisotopic (exact) mass is 512 g/mol. The van der Waals surface area contributed by atoms with Gasteiger partial charge >= 0.3 is 0 Å². The Morgan fingerprint density at radius 1 is 1.14 bits per heavy atom. The number of aromatic nitrogens is 2. The van der Waals surface area contributed by atoms with Gasteiger partial charge in [0.25, 0.3) is 0 Å². The summed E-state index contributed by atoms with van der Waals surface area (Å²) < 4.78 is 7.77. The second-order valence-corrected chi connectivity index (χ2v) is 7.01. The van der Waals surface area contributed by atoms with Crippen molar-refractivity contribution in [2.75, 3.05) is 52.4 Å². The van der Waals surface area contributed by atoms with Gasteiger partial charge in [0.05, 0.1) is 19.3 Å². The van der Waals surface area contributed by atoms with Crippen LogP contribution >= 0.6 is 24.0 Å². The van der Waals surface area contributed by atoms with Crippen LogP contribution in [0.2, 0.25) is 0 Å². The molecule has 1 aliphatic heterocycles. The molecule has 3 rings (SSSR count). The molecule has 1 N–H and O–H groups in total. The molecule has 8 heteroatoms. The van der Waals surface area contributed by atoms with Crippen LogP contribution in [0, 0.1) is 6.92 Å². The Kier molecular flexibility index (Phi) is 10.3. The van der Waals surface area contributed by atoms with Gasteiger partial charge in [0.2, 0.25) is 0 Å². The van der Waals surface area contributed by atoms with Crippen LogP contribution in [0.25, 0.3) is 0 Å². The summed E-state index contributed by atoms with van der Waals surface area (Å²) in [6.45, 7) is 12.3. The minimum atomic E-state index is 0. The quantitative estimate of drug-likeness (QED) is 0.335. The van der Waals surface area contributed by atoms with Gasteiger partial charge in [-0.25, -0.2) is 0 Å². The second-order valence-electron chi connectivity index (χ2n) is 7.01. The van der Waals surface area contributed by atoms with Gasteiger partial charge in [0.1, 0.15) is 12.4 Å². The number of aliphatic imine (C=N–C) groups is 1. The Hall–Kier alpha value is -1.81. The molecule has 0 amide bonds. The van der Waals surface area contributed by atoms with Crippen molar-refractivity contribution in [2.45, 2.75) is 20.4 Å². The van der Waals surface area contributed by atoms with Crippen LogP contribution in [0.15, 0.2) is 47.7 Å². The van der Waals surface area contributed by atoms with Crippen LogP contribution in [-0.4, -0.2) is 78.0 Å². The number of benzene rings is 1. The summed E-state index contributed by atoms with van der Waals surface area (Å²) in [4.78, 5) is 9.60. The zero-order chi connectivity index (χ0) is 19.6. The van der Waals surface area contributed by atoms with Crippen LogP contribution in [-0.2, 0) is 6.54 Å². The van der Waals surface area contributed by atoms with Crippen LogP contribution in [0.3, 0.4) is 0 Å². The molecule has 7 nitrogen and oxygen atoms in total. The van der Waals surface area contributed by atoms with Crippen molar-refractivity contribution >= 4 is 29.9 Å². The van der Waals surface area contributed by atoms with Crippen LogP contribution < -0.4 is 10.1 Å². The summed E-state index contributed by atoms with van der Waals surface area (Å²) in [6, 6.07) is 10.0. The van der Waals surface area contributed by atoms with E-state index in [0.717, 1.165) is 70.7 Å². The first-order valence-corrected chi connectivity index (χ1v) is 10.2. The fourth-order valence-corrected chi connectivity index (χ4v) is 3.27. The van der Waals surface area contributed by atoms with Crippen molar-refractivity contribution in [2.24, 2.45) is 4.99 Å². The molecule has 0 spiro atoms. The lowest BCUT2D eigenvalue weighted by Gasteiger charge is -2.36. The Bertz CT molecular complexity index is 728. The summed E-state index contributed by atoms with van der Waals surface area (Å²) in [6.07, 6.45) is 3.94. The molecule has 0 bridgehead atoms. The molecule has 2 heterocycles. The van der Waals surface area contributed by atoms with Gasteiger partial charge in [-0.05, 0) is 31.5 Å². The standard InChI is InChI=1S/C21H32N6O.HI/c1-3-22-21(23-9-10-27-18-19(2)17-24-27)26-13-11-25(12-14-26)15-16-28-20-7-5-4-6-8-20;/h4-8,17-18H,3,9-16H2,1-2H3,(H,22,23);1H. The molecule has 160 valence electrons. The number of para-hydroxylation sites is 1. The van der Waals surface area contributed by atoms with E-state index in [-0.39, 0.29) is 24.0 Å². The number of ether oxygens (including phenoxy) is 1. The molecule has 1 fully saturated rings. The Morgan fingerprint density at radius 2 is 1.90 bits per heavy atom. The molecule has 0 aliphatic carbocycles. The summed E-state index contributed by atoms with van der Waals surface area (Å²) in [5.41, 5.74) is 1.18. The maximum absolute atomic E-state index is 5.82. The summed E-state index contributed by atoms with van der Waals surface area (Å²) in [7, 11) is 0. The van der Waals surface area contributed by atoms with Crippen molar-refractivity contribution in [1.29, 1.82) is 0 Å². The highest BCUT2D eigenvalue weighted by molar-refractivity contribution is 14.0. The first kappa shape index (κ1) is 23.5. The van der Waals surface area contributed by atoms with E-state index < -0.39 is 0 Å². The lowest BCUT2D eigenvalue weighted by Crippen LogP contribution is -2.53. The van der Waals surface area contributed by atoms with E-state index in [1.807, 2.05) is 41.2 Å². The van der Waals surface area contributed by atoms with Crippen molar-refractivity contribution in [3.05, 3.63) is 48.3 Å². The minimum Gasteiger partial charge on any atom is -0.492 e. The maximum Gasteiger partial charge on any atom is 0.194 e. The van der Waals surface area contributed by atoms with Crippen LogP contribution in [0.5, 0.6) is 5.75 Å². The molecular formula is C21H33IN6O. The number of rotatable bonds is 8. The first-order valence-electron chi connectivity index (χ1n) is 10.2. The van der Waals surface area contributed by atoms with Crippen molar-refractivity contribution in [1.82, 2.24) is 24.9 Å². The first-order chi connectivity index (χ1) is 13.7. The zero-order valence-corrected chi connectivity index (χ0v) is 19.8. The van der Waals surface area contributed by atoms with E-state index >= 15 is 0 Å². The Labute approximate surface area is 191 Å². The molecule has 0 radical (unpaired) electrons. The Balaban J connectivity index is 0.00000300. The maximum atomic E-state index is 5.82. The van der Waals surface area contributed by atoms with Gasteiger partial charge in [0, 0.05) is 45.5 Å². The molecule has 0 atom stereocenters. The number of hydrogen-bond acceptors (Lipinski definition) is 4. The lowest BCUT2D eigenvalue weighted by molar-refractivity contribution is 0.152. The predicted octanol–water partition coefficient (Wildman–Crippen LogP) is 2.47. The third-order valence-corrected chi connectivity index (χ3v) is 4.78. The molecule has 0 saturated carbocycles. The lowest BCUT2D eigenvalue weighted by atomic mass is 10.3. The van der Waals surface area contributed by atoms with Crippen molar-refractivity contribution < 1.29 is 4.74 Å². The number of hydrogen-bond donors (Lipinski definition) is 1. The minimum absolute atomic E-state index is 0. The average molecular weight is 512 g/mol. The molecule has 0 unspecified atom stereocenters. The third-order valence-electron chi connectivity index (χ3n) is 4.78. The van der Waals surface area contributed by atoms with Gasteiger partial charge in [0.15, 0.2) is 5.96 Å². The normalized spacial score (nSPS) is 15.1. The number of halogens is 1. The van der Waals surface area contributed by atoms with E-state index in [1.54, 1.807) is 0 Å².